The van der Waals surface area contributed by atoms with Crippen molar-refractivity contribution >= 4 is 0 Å². The number of nitrogens with one attached hydrogen (secondary N) is 1. The van der Waals surface area contributed by atoms with Gasteiger partial charge in [-0.15, -0.1) is 0 Å². The van der Waals surface area contributed by atoms with Crippen LogP contribution in [-0.4, -0.2) is 60.6 Å². The van der Waals surface area contributed by atoms with Gasteiger partial charge in [0.25, 0.3) is 0 Å². The summed E-state index contributed by atoms with van der Waals surface area (Å²) in [6.45, 7) is 6.57. The normalized spacial score (nSPS) is 25.5. The molecular formula is C15H26N4. The summed E-state index contributed by atoms with van der Waals surface area (Å²) >= 11 is 0. The predicted octanol–water partition coefficient (Wildman–Crippen LogP) is 1.20. The second kappa shape index (κ2) is 6.98. The lowest BCUT2D eigenvalue weighted by Gasteiger charge is -2.29. The van der Waals surface area contributed by atoms with E-state index in [1.165, 1.54) is 12.1 Å². The zero-order chi connectivity index (χ0) is 13.7. The van der Waals surface area contributed by atoms with Crippen LogP contribution >= 0.6 is 0 Å². The Hall–Kier alpha value is -0.970. The van der Waals surface area contributed by atoms with Crippen LogP contribution < -0.4 is 5.32 Å². The van der Waals surface area contributed by atoms with Gasteiger partial charge in [-0.05, 0) is 46.1 Å². The zero-order valence-electron chi connectivity index (χ0n) is 12.3. The van der Waals surface area contributed by atoms with Gasteiger partial charge in [-0.2, -0.15) is 0 Å². The van der Waals surface area contributed by atoms with Crippen LogP contribution in [0.4, 0.5) is 0 Å². The molecule has 0 bridgehead atoms. The van der Waals surface area contributed by atoms with Gasteiger partial charge in [-0.3, -0.25) is 9.88 Å². The van der Waals surface area contributed by atoms with Crippen molar-refractivity contribution in [1.29, 1.82) is 0 Å². The molecule has 1 aromatic heterocycles. The van der Waals surface area contributed by atoms with Gasteiger partial charge >= 0.3 is 0 Å². The summed E-state index contributed by atoms with van der Waals surface area (Å²) in [6.07, 6.45) is 3.09. The summed E-state index contributed by atoms with van der Waals surface area (Å²) in [5, 5.41) is 3.66. The summed E-state index contributed by atoms with van der Waals surface area (Å²) in [7, 11) is 4.28. The van der Waals surface area contributed by atoms with Gasteiger partial charge in [-0.1, -0.05) is 6.07 Å². The number of hydrogen-bond donors (Lipinski definition) is 1. The van der Waals surface area contributed by atoms with Gasteiger partial charge in [0.15, 0.2) is 0 Å². The van der Waals surface area contributed by atoms with Crippen molar-refractivity contribution in [2.45, 2.75) is 32.0 Å². The largest absolute Gasteiger partial charge is 0.311 e. The monoisotopic (exact) mass is 262 g/mol. The van der Waals surface area contributed by atoms with E-state index in [-0.39, 0.29) is 0 Å². The number of aromatic nitrogens is 1. The van der Waals surface area contributed by atoms with Crippen molar-refractivity contribution < 1.29 is 0 Å². The van der Waals surface area contributed by atoms with E-state index in [1.54, 1.807) is 0 Å². The summed E-state index contributed by atoms with van der Waals surface area (Å²) in [4.78, 5) is 9.26. The van der Waals surface area contributed by atoms with Crippen molar-refractivity contribution in [2.24, 2.45) is 0 Å². The number of hydrogen-bond acceptors (Lipinski definition) is 4. The fourth-order valence-corrected chi connectivity index (χ4v) is 2.69. The molecule has 0 saturated carbocycles. The van der Waals surface area contributed by atoms with E-state index in [9.17, 15) is 0 Å². The first-order chi connectivity index (χ1) is 9.15. The van der Waals surface area contributed by atoms with Crippen LogP contribution in [0.5, 0.6) is 0 Å². The van der Waals surface area contributed by atoms with Gasteiger partial charge in [-0.25, -0.2) is 0 Å². The van der Waals surface area contributed by atoms with Crippen LogP contribution in [0.25, 0.3) is 0 Å². The first-order valence-corrected chi connectivity index (χ1v) is 7.17. The molecule has 1 aliphatic rings. The topological polar surface area (TPSA) is 31.4 Å². The van der Waals surface area contributed by atoms with E-state index in [4.69, 9.17) is 0 Å². The van der Waals surface area contributed by atoms with E-state index < -0.39 is 0 Å². The van der Waals surface area contributed by atoms with Crippen molar-refractivity contribution in [3.05, 3.63) is 30.1 Å². The molecule has 2 atom stereocenters. The average Bonchev–Trinajstić information content (AvgIpc) is 2.53. The lowest BCUT2D eigenvalue weighted by Crippen LogP contribution is -2.45. The molecular weight excluding hydrogens is 236 g/mol. The van der Waals surface area contributed by atoms with Crippen LogP contribution in [0.1, 0.15) is 19.0 Å². The molecule has 2 unspecified atom stereocenters. The molecule has 0 aliphatic carbocycles. The first-order valence-electron chi connectivity index (χ1n) is 7.17. The minimum absolute atomic E-state index is 0.545. The molecule has 1 aliphatic heterocycles. The number of rotatable bonds is 4. The minimum Gasteiger partial charge on any atom is -0.311 e. The smallest absolute Gasteiger partial charge is 0.0544 e. The highest BCUT2D eigenvalue weighted by atomic mass is 15.2. The van der Waals surface area contributed by atoms with Crippen LogP contribution in [0, 0.1) is 0 Å². The number of likely N-dealkylation sites (N-methyl/N-ethyl adjacent to an activating group) is 1. The molecule has 1 N–H and O–H groups in total. The van der Waals surface area contributed by atoms with E-state index >= 15 is 0 Å². The Kier molecular flexibility index (Phi) is 5.31. The van der Waals surface area contributed by atoms with Gasteiger partial charge in [0.1, 0.15) is 0 Å². The van der Waals surface area contributed by atoms with E-state index in [0.717, 1.165) is 26.2 Å². The molecule has 1 fully saturated rings. The van der Waals surface area contributed by atoms with Crippen molar-refractivity contribution in [1.82, 2.24) is 20.1 Å². The standard InChI is InChI=1S/C15H26N4/c1-13-7-9-17-15(10-18(2)3)12-19(13)11-14-6-4-5-8-16-14/h4-6,8,13,15,17H,7,9-12H2,1-3H3. The Morgan fingerprint density at radius 2 is 2.26 bits per heavy atom. The molecule has 0 spiro atoms. The van der Waals surface area contributed by atoms with Gasteiger partial charge in [0, 0.05) is 37.9 Å². The summed E-state index contributed by atoms with van der Waals surface area (Å²) in [5.41, 5.74) is 1.17. The SMILES string of the molecule is CC1CCNC(CN(C)C)CN1Cc1ccccn1. The Labute approximate surface area is 116 Å². The van der Waals surface area contributed by atoms with Gasteiger partial charge in [0.05, 0.1) is 5.69 Å². The molecule has 0 amide bonds. The van der Waals surface area contributed by atoms with Crippen LogP contribution in [-0.2, 0) is 6.54 Å². The summed E-state index contributed by atoms with van der Waals surface area (Å²) in [6, 6.07) is 7.32. The highest BCUT2D eigenvalue weighted by molar-refractivity contribution is 5.04. The lowest BCUT2D eigenvalue weighted by molar-refractivity contribution is 0.183. The third kappa shape index (κ3) is 4.56. The quantitative estimate of drug-likeness (QED) is 0.883. The fourth-order valence-electron chi connectivity index (χ4n) is 2.69. The Morgan fingerprint density at radius 3 is 2.95 bits per heavy atom. The number of nitrogens with zero attached hydrogens (tertiary/aromatic N) is 3. The maximum atomic E-state index is 4.45. The van der Waals surface area contributed by atoms with Gasteiger partial charge < -0.3 is 10.2 Å². The summed E-state index contributed by atoms with van der Waals surface area (Å²) < 4.78 is 0. The Bertz CT molecular complexity index is 366. The molecule has 19 heavy (non-hydrogen) atoms. The summed E-state index contributed by atoms with van der Waals surface area (Å²) in [5.74, 6) is 0. The zero-order valence-corrected chi connectivity index (χ0v) is 12.3. The van der Waals surface area contributed by atoms with Crippen molar-refractivity contribution in [3.8, 4) is 0 Å². The lowest BCUT2D eigenvalue weighted by atomic mass is 10.2. The molecule has 0 aromatic carbocycles. The third-order valence-electron chi connectivity index (χ3n) is 3.75. The van der Waals surface area contributed by atoms with E-state index in [0.29, 0.717) is 12.1 Å². The third-order valence-corrected chi connectivity index (χ3v) is 3.75. The van der Waals surface area contributed by atoms with Crippen LogP contribution in [0.15, 0.2) is 24.4 Å². The maximum absolute atomic E-state index is 4.45. The first kappa shape index (κ1) is 14.4. The molecule has 4 heteroatoms. The van der Waals surface area contributed by atoms with E-state index in [1.807, 2.05) is 12.3 Å². The van der Waals surface area contributed by atoms with Gasteiger partial charge in [0.2, 0.25) is 0 Å². The predicted molar refractivity (Wildman–Crippen MR) is 79.1 cm³/mol. The second-order valence-electron chi connectivity index (χ2n) is 5.80. The van der Waals surface area contributed by atoms with E-state index in [2.05, 4.69) is 53.3 Å². The number of pyridine rings is 1. The molecule has 106 valence electrons. The molecule has 0 radical (unpaired) electrons. The molecule has 1 saturated heterocycles. The molecule has 1 aromatic rings. The molecule has 2 rings (SSSR count). The highest BCUT2D eigenvalue weighted by Gasteiger charge is 2.23. The molecule has 2 heterocycles. The van der Waals surface area contributed by atoms with Crippen LogP contribution in [0.3, 0.4) is 0 Å². The van der Waals surface area contributed by atoms with Crippen LogP contribution in [0.2, 0.25) is 0 Å². The minimum atomic E-state index is 0.545. The average molecular weight is 262 g/mol. The maximum Gasteiger partial charge on any atom is 0.0544 e. The molecule has 4 nitrogen and oxygen atoms in total. The fraction of sp³-hybridized carbons (Fsp3) is 0.667. The van der Waals surface area contributed by atoms with Crippen molar-refractivity contribution in [2.75, 3.05) is 33.7 Å². The Balaban J connectivity index is 1.99. The second-order valence-corrected chi connectivity index (χ2v) is 5.80. The van der Waals surface area contributed by atoms with Crippen molar-refractivity contribution in [3.63, 3.8) is 0 Å². The highest BCUT2D eigenvalue weighted by Crippen LogP contribution is 2.13. The Morgan fingerprint density at radius 1 is 1.42 bits per heavy atom.